The van der Waals surface area contributed by atoms with Crippen molar-refractivity contribution < 1.29 is 23.1 Å². The highest BCUT2D eigenvalue weighted by Crippen LogP contribution is 2.31. The highest BCUT2D eigenvalue weighted by Gasteiger charge is 2.30. The predicted octanol–water partition coefficient (Wildman–Crippen LogP) is 3.17. The van der Waals surface area contributed by atoms with Crippen molar-refractivity contribution in [3.8, 4) is 5.75 Å². The van der Waals surface area contributed by atoms with Crippen LogP contribution in [0.5, 0.6) is 5.75 Å². The normalized spacial score (nSPS) is 11.6. The van der Waals surface area contributed by atoms with Crippen molar-refractivity contribution in [2.75, 3.05) is 0 Å². The summed E-state index contributed by atoms with van der Waals surface area (Å²) in [6.07, 6.45) is -3.57. The van der Waals surface area contributed by atoms with Crippen LogP contribution >= 0.6 is 0 Å². The molecule has 2 aromatic carbocycles. The Morgan fingerprint density at radius 3 is 2.45 bits per heavy atom. The van der Waals surface area contributed by atoms with Crippen LogP contribution in [0.15, 0.2) is 53.6 Å². The summed E-state index contributed by atoms with van der Waals surface area (Å²) in [6.45, 7) is 0. The van der Waals surface area contributed by atoms with Crippen molar-refractivity contribution >= 4 is 12.1 Å². The Morgan fingerprint density at radius 1 is 1.14 bits per heavy atom. The van der Waals surface area contributed by atoms with Gasteiger partial charge in [-0.2, -0.15) is 18.3 Å². The molecule has 0 radical (unpaired) electrons. The maximum Gasteiger partial charge on any atom is 0.416 e. The van der Waals surface area contributed by atoms with Crippen LogP contribution in [0.4, 0.5) is 13.2 Å². The van der Waals surface area contributed by atoms with Gasteiger partial charge in [0.05, 0.1) is 11.8 Å². The standard InChI is InChI=1S/C15H11F3N2O2/c16-15(17,18)12-6-7-13(21)11(8-12)9-19-20-14(22)10-4-2-1-3-5-10/h1-9,21H,(H,20,22)/b19-9+. The number of carbonyl (C=O) groups excluding carboxylic acids is 1. The lowest BCUT2D eigenvalue weighted by Crippen LogP contribution is -2.17. The van der Waals surface area contributed by atoms with Crippen LogP contribution in [-0.2, 0) is 6.18 Å². The summed E-state index contributed by atoms with van der Waals surface area (Å²) in [6, 6.07) is 10.6. The number of hydrazone groups is 1. The summed E-state index contributed by atoms with van der Waals surface area (Å²) in [4.78, 5) is 11.7. The minimum absolute atomic E-state index is 0.150. The van der Waals surface area contributed by atoms with Gasteiger partial charge in [-0.15, -0.1) is 0 Å². The van der Waals surface area contributed by atoms with E-state index in [0.29, 0.717) is 5.56 Å². The molecule has 0 fully saturated rings. The van der Waals surface area contributed by atoms with Crippen molar-refractivity contribution in [3.63, 3.8) is 0 Å². The number of hydrogen-bond donors (Lipinski definition) is 2. The zero-order valence-corrected chi connectivity index (χ0v) is 11.1. The number of amides is 1. The van der Waals surface area contributed by atoms with Gasteiger partial charge >= 0.3 is 6.18 Å². The van der Waals surface area contributed by atoms with E-state index in [1.165, 1.54) is 0 Å². The van der Waals surface area contributed by atoms with Crippen LogP contribution in [-0.4, -0.2) is 17.2 Å². The summed E-state index contributed by atoms with van der Waals surface area (Å²) >= 11 is 0. The molecule has 2 aromatic rings. The second-order valence-electron chi connectivity index (χ2n) is 4.34. The molecular formula is C15H11F3N2O2. The van der Waals surface area contributed by atoms with Gasteiger partial charge in [0, 0.05) is 11.1 Å². The largest absolute Gasteiger partial charge is 0.507 e. The lowest BCUT2D eigenvalue weighted by atomic mass is 10.1. The average Bonchev–Trinajstić information content (AvgIpc) is 2.48. The summed E-state index contributed by atoms with van der Waals surface area (Å²) in [5.41, 5.74) is 1.46. The van der Waals surface area contributed by atoms with Gasteiger partial charge in [0.1, 0.15) is 5.75 Å². The van der Waals surface area contributed by atoms with Gasteiger partial charge in [-0.25, -0.2) is 5.43 Å². The van der Waals surface area contributed by atoms with Gasteiger partial charge in [-0.05, 0) is 30.3 Å². The number of nitrogens with zero attached hydrogens (tertiary/aromatic N) is 1. The van der Waals surface area contributed by atoms with Gasteiger partial charge in [-0.3, -0.25) is 4.79 Å². The van der Waals surface area contributed by atoms with Crippen molar-refractivity contribution in [1.82, 2.24) is 5.43 Å². The lowest BCUT2D eigenvalue weighted by molar-refractivity contribution is -0.137. The molecule has 7 heteroatoms. The van der Waals surface area contributed by atoms with E-state index < -0.39 is 17.6 Å². The number of carbonyl (C=O) groups is 1. The minimum atomic E-state index is -4.52. The van der Waals surface area contributed by atoms with E-state index in [1.807, 2.05) is 0 Å². The number of benzene rings is 2. The maximum atomic E-state index is 12.6. The van der Waals surface area contributed by atoms with Crippen LogP contribution in [0.25, 0.3) is 0 Å². The Hall–Kier alpha value is -2.83. The number of aromatic hydroxyl groups is 1. The van der Waals surface area contributed by atoms with Crippen molar-refractivity contribution in [2.45, 2.75) is 6.18 Å². The molecule has 0 aromatic heterocycles. The molecule has 0 unspecified atom stereocenters. The molecule has 0 aliphatic rings. The molecule has 2 N–H and O–H groups in total. The van der Waals surface area contributed by atoms with Crippen LogP contribution in [0, 0.1) is 0 Å². The Bertz CT molecular complexity index is 698. The lowest BCUT2D eigenvalue weighted by Gasteiger charge is -2.08. The Morgan fingerprint density at radius 2 is 1.82 bits per heavy atom. The van der Waals surface area contributed by atoms with Crippen LogP contribution < -0.4 is 5.43 Å². The first-order chi connectivity index (χ1) is 10.4. The molecule has 2 rings (SSSR count). The quantitative estimate of drug-likeness (QED) is 0.676. The first-order valence-electron chi connectivity index (χ1n) is 6.16. The van der Waals surface area contributed by atoms with Gasteiger partial charge in [-0.1, -0.05) is 18.2 Å². The highest BCUT2D eigenvalue weighted by atomic mass is 19.4. The number of phenolic OH excluding ortho intramolecular Hbond substituents is 1. The Kier molecular flexibility index (Phi) is 4.45. The molecule has 0 aliphatic heterocycles. The van der Waals surface area contributed by atoms with Gasteiger partial charge < -0.3 is 5.11 Å². The zero-order valence-electron chi connectivity index (χ0n) is 11.1. The fraction of sp³-hybridized carbons (Fsp3) is 0.0667. The van der Waals surface area contributed by atoms with Crippen molar-refractivity contribution in [3.05, 3.63) is 65.2 Å². The smallest absolute Gasteiger partial charge is 0.416 e. The second kappa shape index (κ2) is 6.30. The first-order valence-corrected chi connectivity index (χ1v) is 6.16. The molecule has 4 nitrogen and oxygen atoms in total. The minimum Gasteiger partial charge on any atom is -0.507 e. The summed E-state index contributed by atoms with van der Waals surface area (Å²) in [7, 11) is 0. The summed E-state index contributed by atoms with van der Waals surface area (Å²) in [5.74, 6) is -0.881. The molecule has 114 valence electrons. The number of phenols is 1. The molecule has 0 saturated carbocycles. The number of nitrogens with one attached hydrogen (secondary N) is 1. The summed E-state index contributed by atoms with van der Waals surface area (Å²) in [5, 5.41) is 13.1. The topological polar surface area (TPSA) is 61.7 Å². The van der Waals surface area contributed by atoms with E-state index in [0.717, 1.165) is 24.4 Å². The molecule has 22 heavy (non-hydrogen) atoms. The molecule has 0 bridgehead atoms. The number of alkyl halides is 3. The van der Waals surface area contributed by atoms with E-state index >= 15 is 0 Å². The zero-order chi connectivity index (χ0) is 16.2. The predicted molar refractivity (Wildman–Crippen MR) is 74.6 cm³/mol. The van der Waals surface area contributed by atoms with Gasteiger partial charge in [0.25, 0.3) is 5.91 Å². The molecule has 0 atom stereocenters. The molecule has 0 heterocycles. The van der Waals surface area contributed by atoms with Gasteiger partial charge in [0.2, 0.25) is 0 Å². The first kappa shape index (κ1) is 15.6. The van der Waals surface area contributed by atoms with E-state index in [4.69, 9.17) is 0 Å². The average molecular weight is 308 g/mol. The van der Waals surface area contributed by atoms with Crippen molar-refractivity contribution in [1.29, 1.82) is 0 Å². The monoisotopic (exact) mass is 308 g/mol. The third-order valence-electron chi connectivity index (χ3n) is 2.76. The molecular weight excluding hydrogens is 297 g/mol. The molecule has 1 amide bonds. The third-order valence-corrected chi connectivity index (χ3v) is 2.76. The van der Waals surface area contributed by atoms with Gasteiger partial charge in [0.15, 0.2) is 0 Å². The number of hydrogen-bond acceptors (Lipinski definition) is 3. The molecule has 0 spiro atoms. The number of halogens is 3. The SMILES string of the molecule is O=C(N/N=C/c1cc(C(F)(F)F)ccc1O)c1ccccc1. The van der Waals surface area contributed by atoms with E-state index in [9.17, 15) is 23.1 Å². The van der Waals surface area contributed by atoms with E-state index in [1.54, 1.807) is 30.3 Å². The van der Waals surface area contributed by atoms with E-state index in [-0.39, 0.29) is 11.3 Å². The fourth-order valence-electron chi connectivity index (χ4n) is 1.65. The molecule has 0 saturated heterocycles. The Balaban J connectivity index is 2.12. The van der Waals surface area contributed by atoms with Crippen molar-refractivity contribution in [2.24, 2.45) is 5.10 Å². The molecule has 0 aliphatic carbocycles. The fourth-order valence-corrected chi connectivity index (χ4v) is 1.65. The van der Waals surface area contributed by atoms with E-state index in [2.05, 4.69) is 10.5 Å². The second-order valence-corrected chi connectivity index (χ2v) is 4.34. The maximum absolute atomic E-state index is 12.6. The summed E-state index contributed by atoms with van der Waals surface area (Å²) < 4.78 is 37.7. The van der Waals surface area contributed by atoms with Crippen LogP contribution in [0.3, 0.4) is 0 Å². The third kappa shape index (κ3) is 3.85. The highest BCUT2D eigenvalue weighted by molar-refractivity contribution is 5.95. The Labute approximate surface area is 123 Å². The number of rotatable bonds is 3. The van der Waals surface area contributed by atoms with Crippen LogP contribution in [0.2, 0.25) is 0 Å². The van der Waals surface area contributed by atoms with Crippen LogP contribution in [0.1, 0.15) is 21.5 Å².